The lowest BCUT2D eigenvalue weighted by Crippen LogP contribution is -2.54. The van der Waals surface area contributed by atoms with Crippen LogP contribution in [0.4, 0.5) is 18.0 Å². The summed E-state index contributed by atoms with van der Waals surface area (Å²) in [5, 5.41) is 2.73. The van der Waals surface area contributed by atoms with E-state index in [0.717, 1.165) is 36.3 Å². The Morgan fingerprint density at radius 3 is 2.75 bits per heavy atom. The van der Waals surface area contributed by atoms with Gasteiger partial charge in [0.05, 0.1) is 5.56 Å². The van der Waals surface area contributed by atoms with Crippen molar-refractivity contribution < 1.29 is 32.3 Å². The molecule has 0 unspecified atom stereocenters. The van der Waals surface area contributed by atoms with Gasteiger partial charge in [-0.3, -0.25) is 14.5 Å². The molecule has 152 valence electrons. The zero-order valence-electron chi connectivity index (χ0n) is 15.3. The Kier molecular flexibility index (Phi) is 5.36. The molecule has 0 aromatic heterocycles. The first-order chi connectivity index (χ1) is 13.1. The van der Waals surface area contributed by atoms with Crippen LogP contribution in [-0.4, -0.2) is 34.9 Å². The third-order valence-corrected chi connectivity index (χ3v) is 5.44. The zero-order chi connectivity index (χ0) is 20.5. The highest BCUT2D eigenvalue weighted by atomic mass is 19.4. The molecule has 1 aliphatic carbocycles. The van der Waals surface area contributed by atoms with Crippen molar-refractivity contribution in [3.63, 3.8) is 0 Å². The average Bonchev–Trinajstić information content (AvgIpc) is 2.87. The van der Waals surface area contributed by atoms with Gasteiger partial charge in [-0.2, -0.15) is 13.2 Å². The topological polar surface area (TPSA) is 75.7 Å². The van der Waals surface area contributed by atoms with Crippen LogP contribution >= 0.6 is 0 Å². The van der Waals surface area contributed by atoms with Crippen LogP contribution in [0.5, 0.6) is 0 Å². The number of hydrogen-bond donors (Lipinski definition) is 1. The van der Waals surface area contributed by atoms with Gasteiger partial charge in [0.15, 0.2) is 0 Å². The van der Waals surface area contributed by atoms with Gasteiger partial charge in [0, 0.05) is 0 Å². The molecule has 2 fully saturated rings. The number of nitrogens with zero attached hydrogens (tertiary/aromatic N) is 1. The van der Waals surface area contributed by atoms with Crippen molar-refractivity contribution in [2.75, 3.05) is 6.54 Å². The van der Waals surface area contributed by atoms with Crippen molar-refractivity contribution in [1.29, 1.82) is 0 Å². The Morgan fingerprint density at radius 2 is 2.07 bits per heavy atom. The molecule has 1 N–H and O–H groups in total. The van der Waals surface area contributed by atoms with Crippen LogP contribution < -0.4 is 5.32 Å². The van der Waals surface area contributed by atoms with Crippen molar-refractivity contribution in [2.24, 2.45) is 5.92 Å². The molecule has 1 aromatic rings. The van der Waals surface area contributed by atoms with Gasteiger partial charge in [-0.15, -0.1) is 0 Å². The molecule has 1 spiro atoms. The summed E-state index contributed by atoms with van der Waals surface area (Å²) in [7, 11) is 0. The van der Waals surface area contributed by atoms with Gasteiger partial charge in [-0.1, -0.05) is 31.9 Å². The molecular formula is C19H21F3N2O4. The Hall–Kier alpha value is -2.58. The Balaban J connectivity index is 1.61. The highest BCUT2D eigenvalue weighted by Crippen LogP contribution is 2.38. The number of amides is 3. The molecule has 9 heteroatoms. The highest BCUT2D eigenvalue weighted by Gasteiger charge is 2.55. The van der Waals surface area contributed by atoms with Gasteiger partial charge in [-0.05, 0) is 36.5 Å². The number of carbonyl (C=O) groups is 3. The predicted molar refractivity (Wildman–Crippen MR) is 91.8 cm³/mol. The normalized spacial score (nSPS) is 25.1. The Labute approximate surface area is 160 Å². The minimum absolute atomic E-state index is 0.0381. The number of urea groups is 1. The molecule has 3 amide bonds. The smallest absolute Gasteiger partial charge is 0.416 e. The SMILES string of the molecule is C[C@@H]1CCCC[C@]12NC(=O)N(CC(=O)OCc1cccc(C(F)(F)F)c1)C2=O. The molecule has 1 heterocycles. The van der Waals surface area contributed by atoms with Crippen LogP contribution in [0.25, 0.3) is 0 Å². The Morgan fingerprint density at radius 1 is 1.32 bits per heavy atom. The van der Waals surface area contributed by atoms with Crippen molar-refractivity contribution in [3.05, 3.63) is 35.4 Å². The van der Waals surface area contributed by atoms with Crippen LogP contribution in [0.15, 0.2) is 24.3 Å². The second-order valence-electron chi connectivity index (χ2n) is 7.30. The number of rotatable bonds is 4. The number of benzene rings is 1. The molecule has 3 rings (SSSR count). The Bertz CT molecular complexity index is 796. The lowest BCUT2D eigenvalue weighted by Gasteiger charge is -2.36. The van der Waals surface area contributed by atoms with Gasteiger partial charge < -0.3 is 10.1 Å². The maximum Gasteiger partial charge on any atom is 0.416 e. The lowest BCUT2D eigenvalue weighted by atomic mass is 9.73. The van der Waals surface area contributed by atoms with Crippen LogP contribution in [0, 0.1) is 5.92 Å². The third-order valence-electron chi connectivity index (χ3n) is 5.44. The van der Waals surface area contributed by atoms with E-state index >= 15 is 0 Å². The summed E-state index contributed by atoms with van der Waals surface area (Å²) < 4.78 is 43.2. The molecule has 0 bridgehead atoms. The number of imide groups is 1. The summed E-state index contributed by atoms with van der Waals surface area (Å²) >= 11 is 0. The number of halogens is 3. The van der Waals surface area contributed by atoms with Crippen molar-refractivity contribution in [1.82, 2.24) is 10.2 Å². The molecule has 1 saturated carbocycles. The fourth-order valence-electron chi connectivity index (χ4n) is 3.82. The van der Waals surface area contributed by atoms with E-state index in [9.17, 15) is 27.6 Å². The molecular weight excluding hydrogens is 377 g/mol. The molecule has 1 aliphatic heterocycles. The maximum absolute atomic E-state index is 12.8. The highest BCUT2D eigenvalue weighted by molar-refractivity contribution is 6.08. The standard InChI is InChI=1S/C19H21F3N2O4/c1-12-5-2-3-8-18(12)16(26)24(17(27)23-18)10-15(25)28-11-13-6-4-7-14(9-13)19(20,21)22/h4,6-7,9,12H,2-3,5,8,10-11H2,1H3,(H,23,27)/t12-,18+/m1/s1. The summed E-state index contributed by atoms with van der Waals surface area (Å²) in [6, 6.07) is 3.78. The van der Waals surface area contributed by atoms with Crippen LogP contribution in [0.3, 0.4) is 0 Å². The van der Waals surface area contributed by atoms with E-state index in [4.69, 9.17) is 4.74 Å². The van der Waals surface area contributed by atoms with Gasteiger partial charge in [0.2, 0.25) is 0 Å². The molecule has 1 aromatic carbocycles. The summed E-state index contributed by atoms with van der Waals surface area (Å²) in [6.07, 6.45) is -1.38. The van der Waals surface area contributed by atoms with E-state index in [1.54, 1.807) is 0 Å². The molecule has 2 aliphatic rings. The third kappa shape index (κ3) is 3.83. The lowest BCUT2D eigenvalue weighted by molar-refractivity contribution is -0.149. The number of nitrogens with one attached hydrogen (secondary N) is 1. The zero-order valence-corrected chi connectivity index (χ0v) is 15.3. The van der Waals surface area contributed by atoms with Gasteiger partial charge in [0.1, 0.15) is 18.7 Å². The van der Waals surface area contributed by atoms with E-state index in [-0.39, 0.29) is 18.1 Å². The van der Waals surface area contributed by atoms with E-state index < -0.39 is 41.7 Å². The number of esters is 1. The first-order valence-corrected chi connectivity index (χ1v) is 9.09. The summed E-state index contributed by atoms with van der Waals surface area (Å²) in [4.78, 5) is 37.9. The number of ether oxygens (including phenoxy) is 1. The molecule has 6 nitrogen and oxygen atoms in total. The van der Waals surface area contributed by atoms with Gasteiger partial charge in [-0.25, -0.2) is 4.79 Å². The average molecular weight is 398 g/mol. The molecule has 1 saturated heterocycles. The van der Waals surface area contributed by atoms with Crippen molar-refractivity contribution in [2.45, 2.75) is 50.9 Å². The second-order valence-corrected chi connectivity index (χ2v) is 7.30. The van der Waals surface area contributed by atoms with E-state index in [2.05, 4.69) is 5.32 Å². The fraction of sp³-hybridized carbons (Fsp3) is 0.526. The minimum atomic E-state index is -4.49. The summed E-state index contributed by atoms with van der Waals surface area (Å²) in [5.74, 6) is -1.34. The minimum Gasteiger partial charge on any atom is -0.459 e. The van der Waals surface area contributed by atoms with E-state index in [1.807, 2.05) is 6.92 Å². The van der Waals surface area contributed by atoms with E-state index in [0.29, 0.717) is 6.42 Å². The van der Waals surface area contributed by atoms with Gasteiger partial charge >= 0.3 is 18.2 Å². The summed E-state index contributed by atoms with van der Waals surface area (Å²) in [6.45, 7) is 0.943. The maximum atomic E-state index is 12.8. The largest absolute Gasteiger partial charge is 0.459 e. The van der Waals surface area contributed by atoms with Crippen LogP contribution in [0.2, 0.25) is 0 Å². The van der Waals surface area contributed by atoms with Crippen LogP contribution in [0.1, 0.15) is 43.7 Å². The summed E-state index contributed by atoms with van der Waals surface area (Å²) in [5.41, 5.74) is -1.66. The molecule has 2 atom stereocenters. The van der Waals surface area contributed by atoms with Crippen molar-refractivity contribution >= 4 is 17.9 Å². The van der Waals surface area contributed by atoms with E-state index in [1.165, 1.54) is 12.1 Å². The first kappa shape index (κ1) is 20.2. The van der Waals surface area contributed by atoms with Gasteiger partial charge in [0.25, 0.3) is 5.91 Å². The monoisotopic (exact) mass is 398 g/mol. The molecule has 28 heavy (non-hydrogen) atoms. The number of alkyl halides is 3. The number of hydrogen-bond acceptors (Lipinski definition) is 4. The molecule has 0 radical (unpaired) electrons. The van der Waals surface area contributed by atoms with Crippen molar-refractivity contribution in [3.8, 4) is 0 Å². The first-order valence-electron chi connectivity index (χ1n) is 9.09. The quantitative estimate of drug-likeness (QED) is 0.624. The fourth-order valence-corrected chi connectivity index (χ4v) is 3.82. The van der Waals surface area contributed by atoms with Crippen LogP contribution in [-0.2, 0) is 27.1 Å². The second kappa shape index (κ2) is 7.44. The number of carbonyl (C=O) groups excluding carboxylic acids is 3. The predicted octanol–water partition coefficient (Wildman–Crippen LogP) is 3.25.